The van der Waals surface area contributed by atoms with Gasteiger partial charge in [-0.3, -0.25) is 9.59 Å². The molecule has 1 atom stereocenters. The molecule has 0 radical (unpaired) electrons. The van der Waals surface area contributed by atoms with Gasteiger partial charge in [-0.15, -0.1) is 0 Å². The number of nitrogens with one attached hydrogen (secondary N) is 1. The first-order valence-electron chi connectivity index (χ1n) is 12.0. The molecule has 6 nitrogen and oxygen atoms in total. The van der Waals surface area contributed by atoms with Gasteiger partial charge in [0.05, 0.1) is 18.8 Å². The minimum absolute atomic E-state index is 0.0585. The van der Waals surface area contributed by atoms with Gasteiger partial charge in [-0.25, -0.2) is 0 Å². The number of likely N-dealkylation sites (tertiary alicyclic amines) is 1. The van der Waals surface area contributed by atoms with E-state index in [1.54, 1.807) is 7.11 Å². The van der Waals surface area contributed by atoms with E-state index >= 15 is 0 Å². The molecule has 1 N–H and O–H groups in total. The second-order valence-corrected chi connectivity index (χ2v) is 9.30. The number of carbonyl (C=O) groups is 2. The topological polar surface area (TPSA) is 67.9 Å². The number of benzene rings is 2. The molecular formula is C27H34N2O4. The summed E-state index contributed by atoms with van der Waals surface area (Å²) in [5.41, 5.74) is 2.16. The van der Waals surface area contributed by atoms with Crippen LogP contribution in [0.15, 0.2) is 48.5 Å². The molecule has 0 saturated carbocycles. The first-order chi connectivity index (χ1) is 16.1. The molecule has 2 aromatic rings. The fraction of sp³-hybridized carbons (Fsp3) is 0.481. The van der Waals surface area contributed by atoms with Crippen molar-refractivity contribution < 1.29 is 19.1 Å². The van der Waals surface area contributed by atoms with Crippen LogP contribution in [0.4, 0.5) is 0 Å². The Morgan fingerprint density at radius 1 is 1.09 bits per heavy atom. The third-order valence-corrected chi connectivity index (χ3v) is 6.80. The molecule has 2 aliphatic rings. The highest BCUT2D eigenvalue weighted by molar-refractivity contribution is 5.97. The third-order valence-electron chi connectivity index (χ3n) is 6.80. The van der Waals surface area contributed by atoms with E-state index in [0.717, 1.165) is 50.6 Å². The van der Waals surface area contributed by atoms with Crippen molar-refractivity contribution in [3.05, 3.63) is 65.2 Å². The number of hydrogen-bond acceptors (Lipinski definition) is 4. The Morgan fingerprint density at radius 3 is 2.82 bits per heavy atom. The van der Waals surface area contributed by atoms with Gasteiger partial charge >= 0.3 is 0 Å². The lowest BCUT2D eigenvalue weighted by Gasteiger charge is -2.43. The normalized spacial score (nSPS) is 21.8. The zero-order valence-corrected chi connectivity index (χ0v) is 19.5. The fourth-order valence-electron chi connectivity index (χ4n) is 5.07. The van der Waals surface area contributed by atoms with Crippen molar-refractivity contribution in [2.45, 2.75) is 45.1 Å². The van der Waals surface area contributed by atoms with E-state index in [9.17, 15) is 9.59 Å². The molecule has 2 amide bonds. The van der Waals surface area contributed by atoms with Crippen molar-refractivity contribution >= 4 is 11.8 Å². The highest BCUT2D eigenvalue weighted by atomic mass is 16.5. The van der Waals surface area contributed by atoms with Gasteiger partial charge in [-0.05, 0) is 55.5 Å². The van der Waals surface area contributed by atoms with Gasteiger partial charge in [0.2, 0.25) is 0 Å². The van der Waals surface area contributed by atoms with Crippen LogP contribution in [-0.2, 0) is 11.3 Å². The molecule has 176 valence electrons. The number of fused-ring (bicyclic) bond motifs is 1. The summed E-state index contributed by atoms with van der Waals surface area (Å²) >= 11 is 0. The van der Waals surface area contributed by atoms with Gasteiger partial charge in [0, 0.05) is 37.7 Å². The monoisotopic (exact) mass is 450 g/mol. The number of amides is 2. The van der Waals surface area contributed by atoms with E-state index in [-0.39, 0.29) is 17.2 Å². The van der Waals surface area contributed by atoms with Crippen LogP contribution in [0.1, 0.15) is 64.8 Å². The minimum Gasteiger partial charge on any atom is -0.493 e. The molecule has 2 aliphatic heterocycles. The van der Waals surface area contributed by atoms with E-state index in [4.69, 9.17) is 9.47 Å². The Labute approximate surface area is 196 Å². The summed E-state index contributed by atoms with van der Waals surface area (Å²) < 4.78 is 11.1. The SMILES string of the molecule is COCc1cccc(C(=O)N2CCCC3(CCCCCOc4ccccc4C(=O)NC3)C2)c1. The largest absolute Gasteiger partial charge is 0.493 e. The maximum absolute atomic E-state index is 13.4. The first-order valence-corrected chi connectivity index (χ1v) is 12.0. The zero-order valence-electron chi connectivity index (χ0n) is 19.5. The van der Waals surface area contributed by atoms with Gasteiger partial charge < -0.3 is 19.7 Å². The molecule has 0 bridgehead atoms. The van der Waals surface area contributed by atoms with Crippen molar-refractivity contribution in [2.24, 2.45) is 5.41 Å². The third kappa shape index (κ3) is 5.74. The van der Waals surface area contributed by atoms with Crippen molar-refractivity contribution in [2.75, 3.05) is 33.4 Å². The summed E-state index contributed by atoms with van der Waals surface area (Å²) in [6, 6.07) is 15.1. The Kier molecular flexibility index (Phi) is 7.65. The molecule has 0 aliphatic carbocycles. The molecule has 1 spiro atoms. The molecule has 4 rings (SSSR count). The van der Waals surface area contributed by atoms with Gasteiger partial charge in [-0.1, -0.05) is 37.1 Å². The van der Waals surface area contributed by atoms with Crippen molar-refractivity contribution in [1.82, 2.24) is 10.2 Å². The molecule has 0 aromatic heterocycles. The van der Waals surface area contributed by atoms with Crippen molar-refractivity contribution in [1.29, 1.82) is 0 Å². The lowest BCUT2D eigenvalue weighted by molar-refractivity contribution is 0.0468. The number of rotatable bonds is 3. The number of carbonyl (C=O) groups excluding carboxylic acids is 2. The summed E-state index contributed by atoms with van der Waals surface area (Å²) in [5.74, 6) is 0.588. The molecule has 2 aromatic carbocycles. The van der Waals surface area contributed by atoms with Gasteiger partial charge in [-0.2, -0.15) is 0 Å². The number of methoxy groups -OCH3 is 1. The molecule has 1 saturated heterocycles. The standard InChI is InChI=1S/C27H34N2O4/c1-32-18-21-9-7-10-22(17-21)26(31)29-15-8-14-27(20-29)13-5-2-6-16-33-24-12-4-3-11-23(24)25(30)28-19-27/h3-4,7,9-12,17H,2,5-6,8,13-16,18-20H2,1H3,(H,28,30). The molecule has 2 heterocycles. The average Bonchev–Trinajstić information content (AvgIpc) is 2.84. The molecule has 6 heteroatoms. The number of piperidine rings is 1. The lowest BCUT2D eigenvalue weighted by atomic mass is 9.75. The van der Waals surface area contributed by atoms with Crippen molar-refractivity contribution in [3.8, 4) is 5.75 Å². The van der Waals surface area contributed by atoms with Gasteiger partial charge in [0.1, 0.15) is 5.75 Å². The summed E-state index contributed by atoms with van der Waals surface area (Å²) in [6.45, 7) is 3.08. The smallest absolute Gasteiger partial charge is 0.255 e. The van der Waals surface area contributed by atoms with E-state index < -0.39 is 0 Å². The van der Waals surface area contributed by atoms with Crippen LogP contribution in [0.5, 0.6) is 5.75 Å². The predicted octanol–water partition coefficient (Wildman–Crippen LogP) is 4.44. The second-order valence-electron chi connectivity index (χ2n) is 9.30. The van der Waals surface area contributed by atoms with Crippen LogP contribution in [-0.4, -0.2) is 50.1 Å². The lowest BCUT2D eigenvalue weighted by Crippen LogP contribution is -2.51. The summed E-state index contributed by atoms with van der Waals surface area (Å²) in [7, 11) is 1.66. The number of nitrogens with zero attached hydrogens (tertiary/aromatic N) is 1. The predicted molar refractivity (Wildman–Crippen MR) is 127 cm³/mol. The summed E-state index contributed by atoms with van der Waals surface area (Å²) in [4.78, 5) is 28.3. The van der Waals surface area contributed by atoms with Crippen LogP contribution >= 0.6 is 0 Å². The molecule has 33 heavy (non-hydrogen) atoms. The van der Waals surface area contributed by atoms with E-state index in [1.807, 2.05) is 53.4 Å². The fourth-order valence-corrected chi connectivity index (χ4v) is 5.07. The molecule has 1 unspecified atom stereocenters. The van der Waals surface area contributed by atoms with Crippen LogP contribution in [0.25, 0.3) is 0 Å². The zero-order chi connectivity index (χ0) is 23.1. The Hall–Kier alpha value is -2.86. The van der Waals surface area contributed by atoms with Gasteiger partial charge in [0.15, 0.2) is 0 Å². The van der Waals surface area contributed by atoms with E-state index in [1.165, 1.54) is 0 Å². The maximum atomic E-state index is 13.4. The Balaban J connectivity index is 1.51. The van der Waals surface area contributed by atoms with E-state index in [2.05, 4.69) is 5.32 Å². The Morgan fingerprint density at radius 2 is 1.94 bits per heavy atom. The first kappa shape index (κ1) is 23.3. The van der Waals surface area contributed by atoms with Gasteiger partial charge in [0.25, 0.3) is 11.8 Å². The highest BCUT2D eigenvalue weighted by Crippen LogP contribution is 2.36. The minimum atomic E-state index is -0.110. The highest BCUT2D eigenvalue weighted by Gasteiger charge is 2.37. The van der Waals surface area contributed by atoms with Crippen LogP contribution < -0.4 is 10.1 Å². The number of hydrogen-bond donors (Lipinski definition) is 1. The van der Waals surface area contributed by atoms with Crippen LogP contribution in [0.3, 0.4) is 0 Å². The maximum Gasteiger partial charge on any atom is 0.255 e. The summed E-state index contributed by atoms with van der Waals surface area (Å²) in [6.07, 6.45) is 6.04. The number of ether oxygens (including phenoxy) is 2. The van der Waals surface area contributed by atoms with Crippen molar-refractivity contribution in [3.63, 3.8) is 0 Å². The average molecular weight is 451 g/mol. The molecular weight excluding hydrogens is 416 g/mol. The van der Waals surface area contributed by atoms with Crippen LogP contribution in [0, 0.1) is 5.41 Å². The summed E-state index contributed by atoms with van der Waals surface area (Å²) in [5, 5.41) is 3.17. The Bertz CT molecular complexity index is 976. The second kappa shape index (κ2) is 10.8. The quantitative estimate of drug-likeness (QED) is 0.751. The van der Waals surface area contributed by atoms with Crippen LogP contribution in [0.2, 0.25) is 0 Å². The van der Waals surface area contributed by atoms with E-state index in [0.29, 0.717) is 43.2 Å². The molecule has 1 fully saturated rings. The number of para-hydroxylation sites is 1.